The number of anilines is 1. The van der Waals surface area contributed by atoms with Crippen LogP contribution in [0.3, 0.4) is 0 Å². The molecule has 0 aliphatic heterocycles. The van der Waals surface area contributed by atoms with Crippen molar-refractivity contribution < 1.29 is 9.21 Å². The van der Waals surface area contributed by atoms with E-state index in [1.807, 2.05) is 85.8 Å². The van der Waals surface area contributed by atoms with Gasteiger partial charge >= 0.3 is 0 Å². The van der Waals surface area contributed by atoms with Crippen LogP contribution in [0.25, 0.3) is 11.5 Å². The van der Waals surface area contributed by atoms with Crippen molar-refractivity contribution in [3.05, 3.63) is 95.9 Å². The van der Waals surface area contributed by atoms with Gasteiger partial charge in [-0.2, -0.15) is 0 Å². The summed E-state index contributed by atoms with van der Waals surface area (Å²) in [5.41, 5.74) is 3.29. The molecule has 3 aromatic carbocycles. The molecule has 0 spiro atoms. The molecule has 0 aliphatic rings. The Morgan fingerprint density at radius 2 is 1.66 bits per heavy atom. The number of hydrogen-bond donors (Lipinski definition) is 1. The maximum Gasteiger partial charge on any atom is 0.255 e. The Hall–Kier alpha value is -3.38. The van der Waals surface area contributed by atoms with Crippen LogP contribution in [0.2, 0.25) is 0 Å². The third-order valence-electron chi connectivity index (χ3n) is 4.35. The van der Waals surface area contributed by atoms with E-state index in [9.17, 15) is 4.79 Å². The smallest absolute Gasteiger partial charge is 0.255 e. The molecule has 4 aromatic rings. The van der Waals surface area contributed by atoms with E-state index in [-0.39, 0.29) is 5.91 Å². The first-order chi connectivity index (χ1) is 14.2. The van der Waals surface area contributed by atoms with Crippen LogP contribution in [0.4, 0.5) is 5.69 Å². The largest absolute Gasteiger partial charge is 0.420 e. The average Bonchev–Trinajstić information content (AvgIpc) is 3.23. The number of aryl methyl sites for hydroxylation is 1. The second-order valence-electron chi connectivity index (χ2n) is 6.45. The molecule has 4 rings (SSSR count). The maximum atomic E-state index is 12.4. The van der Waals surface area contributed by atoms with Gasteiger partial charge in [0, 0.05) is 21.7 Å². The van der Waals surface area contributed by atoms with Gasteiger partial charge in [-0.25, -0.2) is 0 Å². The summed E-state index contributed by atoms with van der Waals surface area (Å²) in [6.45, 7) is 1.93. The maximum absolute atomic E-state index is 12.4. The molecular weight excluding hydrogens is 382 g/mol. The first kappa shape index (κ1) is 19.0. The molecule has 0 radical (unpaired) electrons. The zero-order valence-corrected chi connectivity index (χ0v) is 16.6. The third kappa shape index (κ3) is 4.73. The molecule has 0 atom stereocenters. The first-order valence-electron chi connectivity index (χ1n) is 9.17. The van der Waals surface area contributed by atoms with Gasteiger partial charge in [0.1, 0.15) is 0 Å². The predicted molar refractivity (Wildman–Crippen MR) is 115 cm³/mol. The van der Waals surface area contributed by atoms with E-state index < -0.39 is 0 Å². The van der Waals surface area contributed by atoms with E-state index in [2.05, 4.69) is 15.5 Å². The fourth-order valence-electron chi connectivity index (χ4n) is 2.81. The van der Waals surface area contributed by atoms with Gasteiger partial charge in [0.25, 0.3) is 5.91 Å². The topological polar surface area (TPSA) is 68.0 Å². The highest BCUT2D eigenvalue weighted by molar-refractivity contribution is 7.98. The molecule has 29 heavy (non-hydrogen) atoms. The van der Waals surface area contributed by atoms with E-state index in [0.29, 0.717) is 23.1 Å². The highest BCUT2D eigenvalue weighted by Gasteiger charge is 2.10. The van der Waals surface area contributed by atoms with Gasteiger partial charge < -0.3 is 9.73 Å². The van der Waals surface area contributed by atoms with Crippen molar-refractivity contribution in [2.75, 3.05) is 5.32 Å². The van der Waals surface area contributed by atoms with Crippen LogP contribution in [0.15, 0.2) is 88.2 Å². The lowest BCUT2D eigenvalue weighted by atomic mass is 10.1. The summed E-state index contributed by atoms with van der Waals surface area (Å²) in [5.74, 6) is 1.57. The van der Waals surface area contributed by atoms with E-state index >= 15 is 0 Å². The number of benzene rings is 3. The Kier molecular flexibility index (Phi) is 5.72. The molecule has 1 N–H and O–H groups in total. The van der Waals surface area contributed by atoms with E-state index in [4.69, 9.17) is 4.42 Å². The Morgan fingerprint density at radius 3 is 2.41 bits per heavy atom. The lowest BCUT2D eigenvalue weighted by Gasteiger charge is -2.08. The standard InChI is InChI=1S/C23H19N3O2S/c1-16-7-5-6-10-20(16)22(27)24-18-11-13-19(14-12-18)29-15-21-25-26-23(28-21)17-8-3-2-4-9-17/h2-14H,15H2,1H3,(H,24,27). The molecule has 144 valence electrons. The normalized spacial score (nSPS) is 10.7. The summed E-state index contributed by atoms with van der Waals surface area (Å²) >= 11 is 1.60. The molecule has 1 amide bonds. The van der Waals surface area contributed by atoms with Crippen LogP contribution in [0.1, 0.15) is 21.8 Å². The van der Waals surface area contributed by atoms with Gasteiger partial charge in [0.2, 0.25) is 11.8 Å². The van der Waals surface area contributed by atoms with E-state index in [1.165, 1.54) is 0 Å². The van der Waals surface area contributed by atoms with Crippen molar-refractivity contribution in [3.8, 4) is 11.5 Å². The molecular formula is C23H19N3O2S. The highest BCUT2D eigenvalue weighted by Crippen LogP contribution is 2.26. The zero-order chi connectivity index (χ0) is 20.1. The second-order valence-corrected chi connectivity index (χ2v) is 7.50. The lowest BCUT2D eigenvalue weighted by Crippen LogP contribution is -2.13. The number of thioether (sulfide) groups is 1. The molecule has 6 heteroatoms. The molecule has 0 bridgehead atoms. The summed E-state index contributed by atoms with van der Waals surface area (Å²) in [6.07, 6.45) is 0. The van der Waals surface area contributed by atoms with Crippen LogP contribution < -0.4 is 5.32 Å². The van der Waals surface area contributed by atoms with Crippen molar-refractivity contribution in [1.29, 1.82) is 0 Å². The van der Waals surface area contributed by atoms with Crippen LogP contribution in [0, 0.1) is 6.92 Å². The summed E-state index contributed by atoms with van der Waals surface area (Å²) in [6, 6.07) is 24.9. The van der Waals surface area contributed by atoms with Gasteiger partial charge in [-0.1, -0.05) is 36.4 Å². The monoisotopic (exact) mass is 401 g/mol. The summed E-state index contributed by atoms with van der Waals surface area (Å²) in [5, 5.41) is 11.1. The van der Waals surface area contributed by atoms with Crippen LogP contribution in [0.5, 0.6) is 0 Å². The SMILES string of the molecule is Cc1ccccc1C(=O)Nc1ccc(SCc2nnc(-c3ccccc3)o2)cc1. The van der Waals surface area contributed by atoms with Crippen molar-refractivity contribution in [1.82, 2.24) is 10.2 Å². The van der Waals surface area contributed by atoms with E-state index in [1.54, 1.807) is 11.8 Å². The fraction of sp³-hybridized carbons (Fsp3) is 0.0870. The van der Waals surface area contributed by atoms with E-state index in [0.717, 1.165) is 21.7 Å². The summed E-state index contributed by atoms with van der Waals surface area (Å²) in [7, 11) is 0. The Labute approximate surface area is 173 Å². The lowest BCUT2D eigenvalue weighted by molar-refractivity contribution is 0.102. The number of carbonyl (C=O) groups excluding carboxylic acids is 1. The number of aromatic nitrogens is 2. The zero-order valence-electron chi connectivity index (χ0n) is 15.8. The summed E-state index contributed by atoms with van der Waals surface area (Å²) in [4.78, 5) is 13.5. The quantitative estimate of drug-likeness (QED) is 0.427. The van der Waals surface area contributed by atoms with Crippen molar-refractivity contribution in [2.24, 2.45) is 0 Å². The van der Waals surface area contributed by atoms with Crippen molar-refractivity contribution >= 4 is 23.4 Å². The van der Waals surface area contributed by atoms with Gasteiger partial charge in [0.05, 0.1) is 5.75 Å². The van der Waals surface area contributed by atoms with Crippen LogP contribution >= 0.6 is 11.8 Å². The molecule has 5 nitrogen and oxygen atoms in total. The molecule has 0 unspecified atom stereocenters. The Balaban J connectivity index is 1.35. The van der Waals surface area contributed by atoms with Crippen LogP contribution in [-0.4, -0.2) is 16.1 Å². The molecule has 1 aromatic heterocycles. The number of rotatable bonds is 6. The van der Waals surface area contributed by atoms with Gasteiger partial charge in [-0.3, -0.25) is 4.79 Å². The number of hydrogen-bond acceptors (Lipinski definition) is 5. The second kappa shape index (κ2) is 8.75. The molecule has 1 heterocycles. The van der Waals surface area contributed by atoms with Crippen molar-refractivity contribution in [3.63, 3.8) is 0 Å². The highest BCUT2D eigenvalue weighted by atomic mass is 32.2. The predicted octanol–water partition coefficient (Wildman–Crippen LogP) is 5.59. The Morgan fingerprint density at radius 1 is 0.931 bits per heavy atom. The summed E-state index contributed by atoms with van der Waals surface area (Å²) < 4.78 is 5.73. The minimum Gasteiger partial charge on any atom is -0.420 e. The molecule has 0 saturated carbocycles. The van der Waals surface area contributed by atoms with Crippen LogP contribution in [-0.2, 0) is 5.75 Å². The Bertz CT molecular complexity index is 1110. The molecule has 0 aliphatic carbocycles. The van der Waals surface area contributed by atoms with Gasteiger partial charge in [-0.05, 0) is 55.0 Å². The van der Waals surface area contributed by atoms with Gasteiger partial charge in [0.15, 0.2) is 0 Å². The number of nitrogens with one attached hydrogen (secondary N) is 1. The fourth-order valence-corrected chi connectivity index (χ4v) is 3.55. The molecule has 0 fully saturated rings. The average molecular weight is 401 g/mol. The van der Waals surface area contributed by atoms with Gasteiger partial charge in [-0.15, -0.1) is 22.0 Å². The number of amides is 1. The minimum atomic E-state index is -0.109. The van der Waals surface area contributed by atoms with Crippen molar-refractivity contribution in [2.45, 2.75) is 17.6 Å². The first-order valence-corrected chi connectivity index (χ1v) is 10.2. The third-order valence-corrected chi connectivity index (χ3v) is 5.35. The number of carbonyl (C=O) groups is 1. The molecule has 0 saturated heterocycles. The number of nitrogens with zero attached hydrogens (tertiary/aromatic N) is 2. The minimum absolute atomic E-state index is 0.109.